The number of hydrogen-bond acceptors (Lipinski definition) is 3. The summed E-state index contributed by atoms with van der Waals surface area (Å²) in [5.74, 6) is 0.304. The summed E-state index contributed by atoms with van der Waals surface area (Å²) >= 11 is 0. The molecule has 2 rings (SSSR count). The first-order chi connectivity index (χ1) is 10.0. The maximum Gasteiger partial charge on any atom is 0.146 e. The Morgan fingerprint density at radius 3 is 2.67 bits per heavy atom. The number of halogens is 1. The van der Waals surface area contributed by atoms with Gasteiger partial charge in [0.2, 0.25) is 0 Å². The number of para-hydroxylation sites is 1. The third kappa shape index (κ3) is 3.52. The highest BCUT2D eigenvalue weighted by Crippen LogP contribution is 2.27. The van der Waals surface area contributed by atoms with Crippen LogP contribution in [0.4, 0.5) is 10.1 Å². The Balaban J connectivity index is 2.15. The average molecular weight is 289 g/mol. The first-order valence-electron chi connectivity index (χ1n) is 6.84. The van der Waals surface area contributed by atoms with Gasteiger partial charge in [-0.25, -0.2) is 4.39 Å². The van der Waals surface area contributed by atoms with Crippen molar-refractivity contribution in [2.24, 2.45) is 0 Å². The van der Waals surface area contributed by atoms with Gasteiger partial charge in [0.05, 0.1) is 18.9 Å². The minimum Gasteiger partial charge on any atom is -0.496 e. The van der Waals surface area contributed by atoms with E-state index in [9.17, 15) is 9.50 Å². The van der Waals surface area contributed by atoms with Crippen molar-refractivity contribution in [1.29, 1.82) is 0 Å². The summed E-state index contributed by atoms with van der Waals surface area (Å²) in [6.45, 7) is 3.98. The van der Waals surface area contributed by atoms with E-state index in [1.807, 2.05) is 38.1 Å². The molecule has 3 nitrogen and oxygen atoms in total. The Hall–Kier alpha value is -2.07. The van der Waals surface area contributed by atoms with E-state index in [1.54, 1.807) is 13.2 Å². The van der Waals surface area contributed by atoms with Crippen molar-refractivity contribution in [3.63, 3.8) is 0 Å². The van der Waals surface area contributed by atoms with E-state index in [2.05, 4.69) is 5.32 Å². The van der Waals surface area contributed by atoms with Crippen LogP contribution < -0.4 is 10.1 Å². The smallest absolute Gasteiger partial charge is 0.146 e. The van der Waals surface area contributed by atoms with Gasteiger partial charge < -0.3 is 15.2 Å². The van der Waals surface area contributed by atoms with Crippen LogP contribution in [0.25, 0.3) is 0 Å². The van der Waals surface area contributed by atoms with E-state index in [1.165, 1.54) is 6.07 Å². The third-order valence-corrected chi connectivity index (χ3v) is 3.44. The largest absolute Gasteiger partial charge is 0.496 e. The molecule has 1 unspecified atom stereocenters. The van der Waals surface area contributed by atoms with Gasteiger partial charge in [-0.2, -0.15) is 0 Å². The van der Waals surface area contributed by atoms with Crippen LogP contribution >= 0.6 is 0 Å². The zero-order valence-corrected chi connectivity index (χ0v) is 12.5. The number of rotatable bonds is 5. The molecular formula is C17H20FNO2. The van der Waals surface area contributed by atoms with Crippen LogP contribution in [0, 0.1) is 19.7 Å². The second-order valence-corrected chi connectivity index (χ2v) is 5.07. The van der Waals surface area contributed by atoms with Crippen molar-refractivity contribution in [1.82, 2.24) is 0 Å². The Morgan fingerprint density at radius 2 is 2.00 bits per heavy atom. The van der Waals surface area contributed by atoms with Crippen molar-refractivity contribution in [2.75, 3.05) is 19.0 Å². The molecule has 112 valence electrons. The molecule has 1 atom stereocenters. The van der Waals surface area contributed by atoms with Crippen LogP contribution in [0.1, 0.15) is 22.8 Å². The molecule has 2 aromatic rings. The topological polar surface area (TPSA) is 41.5 Å². The van der Waals surface area contributed by atoms with Crippen molar-refractivity contribution in [2.45, 2.75) is 20.0 Å². The van der Waals surface area contributed by atoms with Crippen LogP contribution in [0.5, 0.6) is 5.75 Å². The molecule has 4 heteroatoms. The lowest BCUT2D eigenvalue weighted by atomic mass is 10.0. The van der Waals surface area contributed by atoms with Gasteiger partial charge >= 0.3 is 0 Å². The minimum atomic E-state index is -0.779. The van der Waals surface area contributed by atoms with Crippen LogP contribution in [-0.4, -0.2) is 18.8 Å². The van der Waals surface area contributed by atoms with Crippen LogP contribution in [-0.2, 0) is 0 Å². The SMILES string of the molecule is COc1ccc(C)cc1C(O)CNc1c(C)cccc1F. The molecule has 0 radical (unpaired) electrons. The van der Waals surface area contributed by atoms with Crippen LogP contribution in [0.2, 0.25) is 0 Å². The Labute approximate surface area is 124 Å². The number of hydrogen-bond donors (Lipinski definition) is 2. The molecule has 0 spiro atoms. The first kappa shape index (κ1) is 15.3. The maximum atomic E-state index is 13.7. The lowest BCUT2D eigenvalue weighted by molar-refractivity contribution is 0.186. The summed E-state index contributed by atoms with van der Waals surface area (Å²) in [7, 11) is 1.56. The summed E-state index contributed by atoms with van der Waals surface area (Å²) in [6, 6.07) is 10.5. The fourth-order valence-corrected chi connectivity index (χ4v) is 2.28. The minimum absolute atomic E-state index is 0.210. The summed E-state index contributed by atoms with van der Waals surface area (Å²) in [5.41, 5.74) is 2.95. The highest BCUT2D eigenvalue weighted by atomic mass is 19.1. The molecule has 0 saturated carbocycles. The fourth-order valence-electron chi connectivity index (χ4n) is 2.28. The van der Waals surface area contributed by atoms with Gasteiger partial charge in [-0.3, -0.25) is 0 Å². The lowest BCUT2D eigenvalue weighted by Crippen LogP contribution is -2.14. The fraction of sp³-hybridized carbons (Fsp3) is 0.294. The molecule has 0 aliphatic carbocycles. The van der Waals surface area contributed by atoms with Crippen molar-refractivity contribution in [3.8, 4) is 5.75 Å². The number of aliphatic hydroxyl groups is 1. The molecule has 0 aliphatic heterocycles. The van der Waals surface area contributed by atoms with Gasteiger partial charge in [0.15, 0.2) is 0 Å². The summed E-state index contributed by atoms with van der Waals surface area (Å²) in [5, 5.41) is 13.3. The molecule has 0 amide bonds. The number of methoxy groups -OCH3 is 1. The molecule has 0 aliphatic rings. The second-order valence-electron chi connectivity index (χ2n) is 5.07. The second kappa shape index (κ2) is 6.59. The van der Waals surface area contributed by atoms with E-state index in [4.69, 9.17) is 4.74 Å². The van der Waals surface area contributed by atoms with E-state index >= 15 is 0 Å². The highest BCUT2D eigenvalue weighted by Gasteiger charge is 2.14. The van der Waals surface area contributed by atoms with E-state index in [-0.39, 0.29) is 12.4 Å². The summed E-state index contributed by atoms with van der Waals surface area (Å²) in [4.78, 5) is 0. The highest BCUT2D eigenvalue weighted by molar-refractivity contribution is 5.52. The average Bonchev–Trinajstić information content (AvgIpc) is 2.46. The number of benzene rings is 2. The summed E-state index contributed by atoms with van der Waals surface area (Å²) in [6.07, 6.45) is -0.779. The zero-order chi connectivity index (χ0) is 15.4. The first-order valence-corrected chi connectivity index (χ1v) is 6.84. The van der Waals surface area contributed by atoms with Crippen molar-refractivity contribution >= 4 is 5.69 Å². The van der Waals surface area contributed by atoms with Gasteiger partial charge in [-0.05, 0) is 37.6 Å². The van der Waals surface area contributed by atoms with Crippen LogP contribution in [0.3, 0.4) is 0 Å². The molecule has 0 fully saturated rings. The number of nitrogens with one attached hydrogen (secondary N) is 1. The number of aryl methyl sites for hydroxylation is 2. The molecular weight excluding hydrogens is 269 g/mol. The quantitative estimate of drug-likeness (QED) is 0.883. The molecule has 0 heterocycles. The molecule has 0 bridgehead atoms. The lowest BCUT2D eigenvalue weighted by Gasteiger charge is -2.18. The molecule has 2 N–H and O–H groups in total. The van der Waals surface area contributed by atoms with Gasteiger partial charge in [-0.15, -0.1) is 0 Å². The predicted molar refractivity (Wildman–Crippen MR) is 82.3 cm³/mol. The molecule has 2 aromatic carbocycles. The maximum absolute atomic E-state index is 13.7. The van der Waals surface area contributed by atoms with Gasteiger partial charge in [0, 0.05) is 12.1 Å². The third-order valence-electron chi connectivity index (χ3n) is 3.44. The van der Waals surface area contributed by atoms with E-state index < -0.39 is 6.10 Å². The summed E-state index contributed by atoms with van der Waals surface area (Å²) < 4.78 is 19.0. The standard InChI is InChI=1S/C17H20FNO2/c1-11-7-8-16(21-3)13(9-11)15(20)10-19-17-12(2)5-4-6-14(17)18/h4-9,15,19-20H,10H2,1-3H3. The zero-order valence-electron chi connectivity index (χ0n) is 12.5. The monoisotopic (exact) mass is 289 g/mol. The number of ether oxygens (including phenoxy) is 1. The molecule has 21 heavy (non-hydrogen) atoms. The van der Waals surface area contributed by atoms with E-state index in [0.29, 0.717) is 17.0 Å². The normalized spacial score (nSPS) is 12.0. The Bertz CT molecular complexity index is 608. The van der Waals surface area contributed by atoms with Crippen molar-refractivity contribution in [3.05, 3.63) is 58.9 Å². The Kier molecular flexibility index (Phi) is 4.81. The predicted octanol–water partition coefficient (Wildman–Crippen LogP) is 3.60. The van der Waals surface area contributed by atoms with Gasteiger partial charge in [-0.1, -0.05) is 23.8 Å². The van der Waals surface area contributed by atoms with Gasteiger partial charge in [0.25, 0.3) is 0 Å². The van der Waals surface area contributed by atoms with Gasteiger partial charge in [0.1, 0.15) is 11.6 Å². The van der Waals surface area contributed by atoms with E-state index in [0.717, 1.165) is 11.1 Å². The molecule has 0 saturated heterocycles. The molecule has 0 aromatic heterocycles. The van der Waals surface area contributed by atoms with Crippen molar-refractivity contribution < 1.29 is 14.2 Å². The number of anilines is 1. The Morgan fingerprint density at radius 1 is 1.24 bits per heavy atom. The number of aliphatic hydroxyl groups excluding tert-OH is 1. The van der Waals surface area contributed by atoms with Crippen LogP contribution in [0.15, 0.2) is 36.4 Å².